The Morgan fingerprint density at radius 1 is 1.47 bits per heavy atom. The summed E-state index contributed by atoms with van der Waals surface area (Å²) in [6.45, 7) is 0.468. The Hall–Kier alpha value is -1.00. The quantitative estimate of drug-likeness (QED) is 0.814. The minimum absolute atomic E-state index is 0.0314. The SMILES string of the molecule is CSc1ccccc1C(=O)N(CCO)C1CC1. The first kappa shape index (κ1) is 12.5. The van der Waals surface area contributed by atoms with Gasteiger partial charge in [0.25, 0.3) is 5.91 Å². The molecule has 0 spiro atoms. The van der Waals surface area contributed by atoms with Crippen LogP contribution in [0.2, 0.25) is 0 Å². The van der Waals surface area contributed by atoms with Crippen LogP contribution < -0.4 is 0 Å². The van der Waals surface area contributed by atoms with Crippen LogP contribution in [0.25, 0.3) is 0 Å². The van der Waals surface area contributed by atoms with Crippen LogP contribution in [-0.4, -0.2) is 41.4 Å². The minimum atomic E-state index is 0.0314. The smallest absolute Gasteiger partial charge is 0.255 e. The van der Waals surface area contributed by atoms with Gasteiger partial charge in [-0.15, -0.1) is 11.8 Å². The molecule has 1 aromatic carbocycles. The van der Waals surface area contributed by atoms with E-state index in [0.717, 1.165) is 23.3 Å². The van der Waals surface area contributed by atoms with E-state index in [1.165, 1.54) is 0 Å². The fourth-order valence-corrected chi connectivity index (χ4v) is 2.51. The molecule has 92 valence electrons. The highest BCUT2D eigenvalue weighted by atomic mass is 32.2. The van der Waals surface area contributed by atoms with Gasteiger partial charge >= 0.3 is 0 Å². The van der Waals surface area contributed by atoms with E-state index in [1.54, 1.807) is 16.7 Å². The lowest BCUT2D eigenvalue weighted by atomic mass is 10.2. The van der Waals surface area contributed by atoms with Crippen molar-refractivity contribution in [2.24, 2.45) is 0 Å². The molecule has 0 radical (unpaired) electrons. The van der Waals surface area contributed by atoms with Crippen molar-refractivity contribution >= 4 is 17.7 Å². The molecule has 1 fully saturated rings. The van der Waals surface area contributed by atoms with E-state index in [0.29, 0.717) is 12.6 Å². The van der Waals surface area contributed by atoms with Crippen LogP contribution in [0.15, 0.2) is 29.2 Å². The highest BCUT2D eigenvalue weighted by Gasteiger charge is 2.33. The molecule has 1 aliphatic rings. The molecular weight excluding hydrogens is 234 g/mol. The van der Waals surface area contributed by atoms with Gasteiger partial charge in [-0.3, -0.25) is 4.79 Å². The van der Waals surface area contributed by atoms with Gasteiger partial charge in [-0.1, -0.05) is 12.1 Å². The largest absolute Gasteiger partial charge is 0.395 e. The molecular formula is C13H17NO2S. The first-order valence-corrected chi connectivity index (χ1v) is 7.05. The number of hydrogen-bond acceptors (Lipinski definition) is 3. The molecule has 0 bridgehead atoms. The normalized spacial score (nSPS) is 14.7. The molecule has 0 unspecified atom stereocenters. The lowest BCUT2D eigenvalue weighted by Gasteiger charge is -2.22. The van der Waals surface area contributed by atoms with Crippen molar-refractivity contribution in [3.05, 3.63) is 29.8 Å². The maximum Gasteiger partial charge on any atom is 0.255 e. The average molecular weight is 251 g/mol. The van der Waals surface area contributed by atoms with Crippen molar-refractivity contribution in [3.8, 4) is 0 Å². The first-order chi connectivity index (χ1) is 8.27. The molecule has 4 heteroatoms. The fourth-order valence-electron chi connectivity index (χ4n) is 1.92. The van der Waals surface area contributed by atoms with E-state index < -0.39 is 0 Å². The Kier molecular flexibility index (Phi) is 4.07. The highest BCUT2D eigenvalue weighted by molar-refractivity contribution is 7.98. The molecule has 17 heavy (non-hydrogen) atoms. The predicted molar refractivity (Wildman–Crippen MR) is 69.4 cm³/mol. The van der Waals surface area contributed by atoms with Crippen LogP contribution in [0.5, 0.6) is 0 Å². The number of hydrogen-bond donors (Lipinski definition) is 1. The van der Waals surface area contributed by atoms with E-state index >= 15 is 0 Å². The molecule has 0 aliphatic heterocycles. The van der Waals surface area contributed by atoms with Crippen molar-refractivity contribution in [1.82, 2.24) is 4.90 Å². The van der Waals surface area contributed by atoms with Gasteiger partial charge in [0.15, 0.2) is 0 Å². The maximum absolute atomic E-state index is 12.4. The lowest BCUT2D eigenvalue weighted by Crippen LogP contribution is -2.35. The summed E-state index contributed by atoms with van der Waals surface area (Å²) in [5, 5.41) is 9.04. The summed E-state index contributed by atoms with van der Waals surface area (Å²) in [6, 6.07) is 7.99. The molecule has 1 aliphatic carbocycles. The Morgan fingerprint density at radius 3 is 2.76 bits per heavy atom. The molecule has 1 amide bonds. The van der Waals surface area contributed by atoms with E-state index in [9.17, 15) is 4.79 Å². The van der Waals surface area contributed by atoms with Crippen LogP contribution in [0.1, 0.15) is 23.2 Å². The summed E-state index contributed by atoms with van der Waals surface area (Å²) in [4.78, 5) is 15.2. The highest BCUT2D eigenvalue weighted by Crippen LogP contribution is 2.30. The van der Waals surface area contributed by atoms with Gasteiger partial charge in [-0.05, 0) is 31.2 Å². The zero-order chi connectivity index (χ0) is 12.3. The molecule has 3 nitrogen and oxygen atoms in total. The van der Waals surface area contributed by atoms with Crippen molar-refractivity contribution in [2.75, 3.05) is 19.4 Å². The van der Waals surface area contributed by atoms with E-state index in [1.807, 2.05) is 30.5 Å². The second kappa shape index (κ2) is 5.56. The summed E-state index contributed by atoms with van der Waals surface area (Å²) in [7, 11) is 0. The molecule has 2 rings (SSSR count). The molecule has 0 saturated heterocycles. The number of carbonyl (C=O) groups is 1. The second-order valence-electron chi connectivity index (χ2n) is 4.15. The molecule has 1 saturated carbocycles. The monoisotopic (exact) mass is 251 g/mol. The van der Waals surface area contributed by atoms with Crippen LogP contribution in [-0.2, 0) is 0 Å². The third-order valence-electron chi connectivity index (χ3n) is 2.93. The molecule has 0 aromatic heterocycles. The summed E-state index contributed by atoms with van der Waals surface area (Å²) in [5.74, 6) is 0.0477. The zero-order valence-corrected chi connectivity index (χ0v) is 10.7. The number of aliphatic hydroxyl groups excluding tert-OH is 1. The van der Waals surface area contributed by atoms with E-state index in [-0.39, 0.29) is 12.5 Å². The van der Waals surface area contributed by atoms with Gasteiger partial charge in [0, 0.05) is 17.5 Å². The number of carbonyl (C=O) groups excluding carboxylic acids is 1. The summed E-state index contributed by atoms with van der Waals surface area (Å²) < 4.78 is 0. The first-order valence-electron chi connectivity index (χ1n) is 5.82. The summed E-state index contributed by atoms with van der Waals surface area (Å²) in [6.07, 6.45) is 4.10. The molecule has 1 N–H and O–H groups in total. The van der Waals surface area contributed by atoms with Crippen molar-refractivity contribution < 1.29 is 9.90 Å². The fraction of sp³-hybridized carbons (Fsp3) is 0.462. The van der Waals surface area contributed by atoms with Crippen molar-refractivity contribution in [2.45, 2.75) is 23.8 Å². The zero-order valence-electron chi connectivity index (χ0n) is 9.93. The third-order valence-corrected chi connectivity index (χ3v) is 3.72. The van der Waals surface area contributed by atoms with E-state index in [2.05, 4.69) is 0 Å². The summed E-state index contributed by atoms with van der Waals surface area (Å²) >= 11 is 1.58. The van der Waals surface area contributed by atoms with Crippen LogP contribution >= 0.6 is 11.8 Å². The standard InChI is InChI=1S/C13H17NO2S/c1-17-12-5-3-2-4-11(12)13(16)14(8-9-15)10-6-7-10/h2-5,10,15H,6-9H2,1H3. The van der Waals surface area contributed by atoms with Crippen LogP contribution in [0, 0.1) is 0 Å². The average Bonchev–Trinajstić information content (AvgIpc) is 3.19. The molecule has 0 heterocycles. The summed E-state index contributed by atoms with van der Waals surface area (Å²) in [5.41, 5.74) is 0.750. The van der Waals surface area contributed by atoms with Gasteiger partial charge < -0.3 is 10.0 Å². The number of thioether (sulfide) groups is 1. The van der Waals surface area contributed by atoms with Gasteiger partial charge in [-0.2, -0.15) is 0 Å². The Morgan fingerprint density at radius 2 is 2.18 bits per heavy atom. The van der Waals surface area contributed by atoms with Crippen LogP contribution in [0.3, 0.4) is 0 Å². The van der Waals surface area contributed by atoms with Crippen LogP contribution in [0.4, 0.5) is 0 Å². The van der Waals surface area contributed by atoms with E-state index in [4.69, 9.17) is 5.11 Å². The Labute approximate surface area is 106 Å². The number of rotatable bonds is 5. The number of aliphatic hydroxyl groups is 1. The third kappa shape index (κ3) is 2.82. The minimum Gasteiger partial charge on any atom is -0.395 e. The number of amides is 1. The predicted octanol–water partition coefficient (Wildman–Crippen LogP) is 2.01. The van der Waals surface area contributed by atoms with Crippen molar-refractivity contribution in [3.63, 3.8) is 0 Å². The topological polar surface area (TPSA) is 40.5 Å². The second-order valence-corrected chi connectivity index (χ2v) is 5.00. The molecule has 1 aromatic rings. The van der Waals surface area contributed by atoms with Gasteiger partial charge in [-0.25, -0.2) is 0 Å². The van der Waals surface area contributed by atoms with Crippen molar-refractivity contribution in [1.29, 1.82) is 0 Å². The van der Waals surface area contributed by atoms with Gasteiger partial charge in [0.2, 0.25) is 0 Å². The lowest BCUT2D eigenvalue weighted by molar-refractivity contribution is 0.0704. The molecule has 0 atom stereocenters. The number of nitrogens with zero attached hydrogens (tertiary/aromatic N) is 1. The Balaban J connectivity index is 2.21. The Bertz CT molecular complexity index is 404. The number of benzene rings is 1. The maximum atomic E-state index is 12.4. The van der Waals surface area contributed by atoms with Gasteiger partial charge in [0.1, 0.15) is 0 Å². The van der Waals surface area contributed by atoms with Gasteiger partial charge in [0.05, 0.1) is 12.2 Å².